The number of para-hydroxylation sites is 1. The number of carbonyl (C=O) groups excluding carboxylic acids is 1. The second-order valence-corrected chi connectivity index (χ2v) is 6.46. The van der Waals surface area contributed by atoms with Gasteiger partial charge in [-0.2, -0.15) is 5.10 Å². The number of ether oxygens (including phenoxy) is 1. The fourth-order valence-electron chi connectivity index (χ4n) is 3.34. The third-order valence-electron chi connectivity index (χ3n) is 4.61. The summed E-state index contributed by atoms with van der Waals surface area (Å²) in [4.78, 5) is 14.6. The number of rotatable bonds is 4. The summed E-state index contributed by atoms with van der Waals surface area (Å²) in [7, 11) is 1.76. The molecule has 1 aromatic heterocycles. The first-order valence-electron chi connectivity index (χ1n) is 8.52. The molecular weight excluding hydrogens is 328 g/mol. The molecule has 1 aliphatic heterocycles. The Bertz CT molecular complexity index is 911. The van der Waals surface area contributed by atoms with Gasteiger partial charge >= 0.3 is 0 Å². The molecule has 0 saturated heterocycles. The van der Waals surface area contributed by atoms with Crippen molar-refractivity contribution in [1.29, 1.82) is 0 Å². The molecule has 2 heterocycles. The van der Waals surface area contributed by atoms with Gasteiger partial charge < -0.3 is 15.4 Å². The molecule has 0 aliphatic carbocycles. The number of nitrogen functional groups attached to an aromatic ring is 1. The zero-order chi connectivity index (χ0) is 18.1. The second kappa shape index (κ2) is 6.55. The van der Waals surface area contributed by atoms with E-state index in [0.717, 1.165) is 17.7 Å². The SMILES string of the molecule is CN(CC1Cc2ccccc2O1)C(=O)c1[nH]nc(N)c1-c1ccccc1. The quantitative estimate of drug-likeness (QED) is 0.759. The van der Waals surface area contributed by atoms with Crippen LogP contribution in [-0.4, -0.2) is 40.7 Å². The molecule has 132 valence electrons. The van der Waals surface area contributed by atoms with Gasteiger partial charge in [0.1, 0.15) is 17.5 Å². The van der Waals surface area contributed by atoms with Crippen molar-refractivity contribution in [2.45, 2.75) is 12.5 Å². The molecule has 0 fully saturated rings. The first-order chi connectivity index (χ1) is 12.6. The van der Waals surface area contributed by atoms with Crippen LogP contribution in [0, 0.1) is 0 Å². The van der Waals surface area contributed by atoms with Crippen molar-refractivity contribution < 1.29 is 9.53 Å². The van der Waals surface area contributed by atoms with Crippen LogP contribution in [-0.2, 0) is 6.42 Å². The van der Waals surface area contributed by atoms with Gasteiger partial charge in [-0.25, -0.2) is 0 Å². The minimum absolute atomic E-state index is 0.0539. The van der Waals surface area contributed by atoms with Crippen LogP contribution in [0.4, 0.5) is 5.82 Å². The molecule has 3 aromatic rings. The molecule has 3 N–H and O–H groups in total. The molecule has 0 bridgehead atoms. The number of hydrogen-bond acceptors (Lipinski definition) is 4. The highest BCUT2D eigenvalue weighted by Gasteiger charge is 2.27. The van der Waals surface area contributed by atoms with Gasteiger partial charge in [-0.15, -0.1) is 0 Å². The Hall–Kier alpha value is -3.28. The van der Waals surface area contributed by atoms with Crippen molar-refractivity contribution in [2.75, 3.05) is 19.3 Å². The van der Waals surface area contributed by atoms with E-state index >= 15 is 0 Å². The van der Waals surface area contributed by atoms with Gasteiger partial charge in [-0.3, -0.25) is 9.89 Å². The molecule has 0 radical (unpaired) electrons. The largest absolute Gasteiger partial charge is 0.488 e. The molecule has 26 heavy (non-hydrogen) atoms. The summed E-state index contributed by atoms with van der Waals surface area (Å²) in [5, 5.41) is 6.82. The van der Waals surface area contributed by atoms with Gasteiger partial charge in [0.05, 0.1) is 12.1 Å². The smallest absolute Gasteiger partial charge is 0.272 e. The predicted molar refractivity (Wildman–Crippen MR) is 100.0 cm³/mol. The van der Waals surface area contributed by atoms with Gasteiger partial charge in [0.25, 0.3) is 5.91 Å². The Kier molecular flexibility index (Phi) is 4.08. The summed E-state index contributed by atoms with van der Waals surface area (Å²) in [5.41, 5.74) is 9.06. The van der Waals surface area contributed by atoms with Gasteiger partial charge in [0.2, 0.25) is 0 Å². The zero-order valence-electron chi connectivity index (χ0n) is 14.5. The number of nitrogens with two attached hydrogens (primary N) is 1. The summed E-state index contributed by atoms with van der Waals surface area (Å²) >= 11 is 0. The third kappa shape index (κ3) is 2.90. The van der Waals surface area contributed by atoms with Crippen molar-refractivity contribution in [3.05, 3.63) is 65.9 Å². The molecule has 0 saturated carbocycles. The Balaban J connectivity index is 1.52. The van der Waals surface area contributed by atoms with Crippen LogP contribution in [0.2, 0.25) is 0 Å². The number of hydrogen-bond donors (Lipinski definition) is 2. The molecule has 6 nitrogen and oxygen atoms in total. The number of H-pyrrole nitrogens is 1. The number of likely N-dealkylation sites (N-methyl/N-ethyl adjacent to an activating group) is 1. The van der Waals surface area contributed by atoms with E-state index in [9.17, 15) is 4.79 Å². The van der Waals surface area contributed by atoms with Crippen LogP contribution in [0.15, 0.2) is 54.6 Å². The molecular formula is C20H20N4O2. The monoisotopic (exact) mass is 348 g/mol. The lowest BCUT2D eigenvalue weighted by Crippen LogP contribution is -2.36. The number of aromatic amines is 1. The standard InChI is InChI=1S/C20H20N4O2/c1-24(12-15-11-14-9-5-6-10-16(14)26-15)20(25)18-17(19(21)23-22-18)13-7-3-2-4-8-13/h2-10,15H,11-12H2,1H3,(H3,21,22,23). The molecule has 1 amide bonds. The number of amides is 1. The number of nitrogens with one attached hydrogen (secondary N) is 1. The summed E-state index contributed by atoms with van der Waals surface area (Å²) in [5.74, 6) is 1.05. The molecule has 4 rings (SSSR count). The molecule has 1 unspecified atom stereocenters. The average Bonchev–Trinajstić information content (AvgIpc) is 3.24. The van der Waals surface area contributed by atoms with Crippen molar-refractivity contribution >= 4 is 11.7 Å². The number of carbonyl (C=O) groups is 1. The lowest BCUT2D eigenvalue weighted by molar-refractivity contribution is 0.0725. The van der Waals surface area contributed by atoms with Crippen LogP contribution in [0.25, 0.3) is 11.1 Å². The number of anilines is 1. The lowest BCUT2D eigenvalue weighted by Gasteiger charge is -2.21. The van der Waals surface area contributed by atoms with Gasteiger partial charge in [0.15, 0.2) is 5.82 Å². The average molecular weight is 348 g/mol. The number of nitrogens with zero attached hydrogens (tertiary/aromatic N) is 2. The number of aromatic nitrogens is 2. The van der Waals surface area contributed by atoms with E-state index in [1.807, 2.05) is 48.5 Å². The minimum atomic E-state index is -0.160. The van der Waals surface area contributed by atoms with E-state index in [4.69, 9.17) is 10.5 Å². The van der Waals surface area contributed by atoms with Crippen LogP contribution < -0.4 is 10.5 Å². The maximum atomic E-state index is 13.0. The van der Waals surface area contributed by atoms with Crippen LogP contribution >= 0.6 is 0 Å². The number of fused-ring (bicyclic) bond motifs is 1. The normalized spacial score (nSPS) is 15.3. The number of benzene rings is 2. The van der Waals surface area contributed by atoms with Crippen LogP contribution in [0.3, 0.4) is 0 Å². The van der Waals surface area contributed by atoms with E-state index in [1.165, 1.54) is 5.56 Å². The zero-order valence-corrected chi connectivity index (χ0v) is 14.5. The van der Waals surface area contributed by atoms with Crippen molar-refractivity contribution in [2.24, 2.45) is 0 Å². The highest BCUT2D eigenvalue weighted by Crippen LogP contribution is 2.30. The fourth-order valence-corrected chi connectivity index (χ4v) is 3.34. The maximum absolute atomic E-state index is 13.0. The van der Waals surface area contributed by atoms with Crippen LogP contribution in [0.1, 0.15) is 16.1 Å². The predicted octanol–water partition coefficient (Wildman–Crippen LogP) is 2.73. The van der Waals surface area contributed by atoms with E-state index in [2.05, 4.69) is 16.3 Å². The summed E-state index contributed by atoms with van der Waals surface area (Å²) < 4.78 is 5.94. The second-order valence-electron chi connectivity index (χ2n) is 6.46. The Morgan fingerprint density at radius 2 is 1.96 bits per heavy atom. The van der Waals surface area contributed by atoms with Crippen molar-refractivity contribution in [3.8, 4) is 16.9 Å². The Morgan fingerprint density at radius 3 is 2.73 bits per heavy atom. The third-order valence-corrected chi connectivity index (χ3v) is 4.61. The van der Waals surface area contributed by atoms with Crippen molar-refractivity contribution in [3.63, 3.8) is 0 Å². The summed E-state index contributed by atoms with van der Waals surface area (Å²) in [6, 6.07) is 17.5. The van der Waals surface area contributed by atoms with E-state index in [1.54, 1.807) is 11.9 Å². The first kappa shape index (κ1) is 16.2. The molecule has 1 atom stereocenters. The van der Waals surface area contributed by atoms with Gasteiger partial charge in [0, 0.05) is 13.5 Å². The summed E-state index contributed by atoms with van der Waals surface area (Å²) in [6.45, 7) is 0.487. The topological polar surface area (TPSA) is 84.2 Å². The highest BCUT2D eigenvalue weighted by molar-refractivity contribution is 6.01. The van der Waals surface area contributed by atoms with E-state index < -0.39 is 0 Å². The van der Waals surface area contributed by atoms with Crippen LogP contribution in [0.5, 0.6) is 5.75 Å². The van der Waals surface area contributed by atoms with E-state index in [0.29, 0.717) is 23.6 Å². The minimum Gasteiger partial charge on any atom is -0.488 e. The molecule has 0 spiro atoms. The van der Waals surface area contributed by atoms with Crippen molar-refractivity contribution in [1.82, 2.24) is 15.1 Å². The van der Waals surface area contributed by atoms with Gasteiger partial charge in [-0.1, -0.05) is 48.5 Å². The molecule has 1 aliphatic rings. The molecule has 2 aromatic carbocycles. The first-order valence-corrected chi connectivity index (χ1v) is 8.52. The maximum Gasteiger partial charge on any atom is 0.272 e. The fraction of sp³-hybridized carbons (Fsp3) is 0.200. The Morgan fingerprint density at radius 1 is 1.23 bits per heavy atom. The lowest BCUT2D eigenvalue weighted by atomic mass is 10.0. The van der Waals surface area contributed by atoms with Gasteiger partial charge in [-0.05, 0) is 17.2 Å². The Labute approximate surface area is 151 Å². The molecule has 6 heteroatoms. The summed E-state index contributed by atoms with van der Waals surface area (Å²) in [6.07, 6.45) is 0.742. The highest BCUT2D eigenvalue weighted by atomic mass is 16.5. The van der Waals surface area contributed by atoms with E-state index in [-0.39, 0.29) is 12.0 Å².